The molecule has 0 amide bonds. The number of fused-ring (bicyclic) bond motifs is 6. The van der Waals surface area contributed by atoms with Crippen LogP contribution in [0.5, 0.6) is 0 Å². The summed E-state index contributed by atoms with van der Waals surface area (Å²) >= 11 is 0. The van der Waals surface area contributed by atoms with Crippen LogP contribution >= 0.6 is 0 Å². The predicted molar refractivity (Wildman–Crippen MR) is 127 cm³/mol. The van der Waals surface area contributed by atoms with Gasteiger partial charge in [-0.25, -0.2) is 4.98 Å². The number of aromatic nitrogens is 2. The summed E-state index contributed by atoms with van der Waals surface area (Å²) in [5.74, 6) is 2.03. The minimum Gasteiger partial charge on any atom is -0.462 e. The van der Waals surface area contributed by atoms with Gasteiger partial charge in [-0.05, 0) is 73.8 Å². The molecular weight excluding hydrogens is 396 g/mol. The highest BCUT2D eigenvalue weighted by atomic mass is 16.5. The molecule has 1 aromatic heterocycles. The fraction of sp³-hybridized carbons (Fsp3) is 0.571. The molecule has 168 valence electrons. The number of allylic oxidation sites excluding steroid dienone is 3. The first kappa shape index (κ1) is 20.3. The average molecular weight is 431 g/mol. The molecule has 0 aliphatic heterocycles. The van der Waals surface area contributed by atoms with Gasteiger partial charge in [-0.1, -0.05) is 43.7 Å². The highest BCUT2D eigenvalue weighted by molar-refractivity contribution is 5.80. The molecule has 2 saturated carbocycles. The van der Waals surface area contributed by atoms with E-state index >= 15 is 0 Å². The Hall–Kier alpha value is -2.36. The van der Waals surface area contributed by atoms with Gasteiger partial charge in [-0.3, -0.25) is 4.79 Å². The van der Waals surface area contributed by atoms with Gasteiger partial charge in [0.15, 0.2) is 0 Å². The Balaban J connectivity index is 1.30. The molecule has 1 aromatic carbocycles. The lowest BCUT2D eigenvalue weighted by atomic mass is 9.47. The van der Waals surface area contributed by atoms with Gasteiger partial charge < -0.3 is 9.30 Å². The van der Waals surface area contributed by atoms with E-state index in [0.29, 0.717) is 5.92 Å². The molecule has 4 nitrogen and oxygen atoms in total. The molecule has 1 heterocycles. The van der Waals surface area contributed by atoms with E-state index in [2.05, 4.69) is 59.8 Å². The minimum absolute atomic E-state index is 0.0755. The van der Waals surface area contributed by atoms with Crippen LogP contribution < -0.4 is 0 Å². The molecule has 0 radical (unpaired) electrons. The first-order valence-corrected chi connectivity index (χ1v) is 12.4. The molecule has 6 atom stereocenters. The molecule has 4 aliphatic rings. The molecule has 4 aliphatic carbocycles. The predicted octanol–water partition coefficient (Wildman–Crippen LogP) is 6.38. The number of carbonyl (C=O) groups is 1. The Labute approximate surface area is 190 Å². The number of nitrogens with zero attached hydrogens (tertiary/aromatic N) is 2. The van der Waals surface area contributed by atoms with Crippen molar-refractivity contribution in [2.24, 2.45) is 28.6 Å². The smallest absolute Gasteiger partial charge is 0.302 e. The summed E-state index contributed by atoms with van der Waals surface area (Å²) < 4.78 is 7.97. The lowest BCUT2D eigenvalue weighted by molar-refractivity contribution is -0.148. The molecule has 1 unspecified atom stereocenters. The number of para-hydroxylation sites is 2. The first-order chi connectivity index (χ1) is 15.4. The Kier molecular flexibility index (Phi) is 4.48. The van der Waals surface area contributed by atoms with Crippen LogP contribution in [-0.4, -0.2) is 21.6 Å². The number of ether oxygens (including phenoxy) is 1. The van der Waals surface area contributed by atoms with Crippen molar-refractivity contribution in [3.8, 4) is 0 Å². The summed E-state index contributed by atoms with van der Waals surface area (Å²) in [5, 5.41) is 0. The Morgan fingerprint density at radius 3 is 2.72 bits per heavy atom. The number of rotatable bonds is 2. The van der Waals surface area contributed by atoms with Crippen molar-refractivity contribution in [3.05, 3.63) is 48.3 Å². The van der Waals surface area contributed by atoms with Crippen molar-refractivity contribution in [3.63, 3.8) is 0 Å². The molecule has 2 aromatic rings. The standard InChI is InChI=1S/C28H34N2O2/c1-18(31)32-20-12-14-27(2)19(16-20)8-9-21-22-10-11-26(28(22,3)15-13-23(21)27)30-17-29-24-6-4-5-7-25(24)30/h4-8,11,17,20-23H,9-10,12-16H2,1-3H3/t20?,21-,22-,23-,27-,28-/m0/s1. The molecular formula is C28H34N2O2. The van der Waals surface area contributed by atoms with Gasteiger partial charge in [0.2, 0.25) is 0 Å². The number of carbonyl (C=O) groups excluding carboxylic acids is 1. The summed E-state index contributed by atoms with van der Waals surface area (Å²) in [4.78, 5) is 16.2. The third kappa shape index (κ3) is 2.80. The second-order valence-electron chi connectivity index (χ2n) is 11.1. The topological polar surface area (TPSA) is 44.1 Å². The van der Waals surface area contributed by atoms with Crippen LogP contribution in [0.1, 0.15) is 65.7 Å². The van der Waals surface area contributed by atoms with Crippen LogP contribution in [0.4, 0.5) is 0 Å². The SMILES string of the molecule is CC(=O)OC1CC[C@@]2(C)C(=CC[C@@H]3[C@@H]2CC[C@]2(C)C(n4cnc5ccccc54)=CC[C@@H]32)C1. The maximum Gasteiger partial charge on any atom is 0.302 e. The zero-order valence-electron chi connectivity index (χ0n) is 19.5. The maximum absolute atomic E-state index is 11.5. The van der Waals surface area contributed by atoms with Crippen molar-refractivity contribution in [1.29, 1.82) is 0 Å². The highest BCUT2D eigenvalue weighted by Gasteiger charge is 2.57. The van der Waals surface area contributed by atoms with Crippen LogP contribution in [0.15, 0.2) is 48.3 Å². The van der Waals surface area contributed by atoms with Crippen molar-refractivity contribution >= 4 is 22.7 Å². The van der Waals surface area contributed by atoms with E-state index in [9.17, 15) is 4.79 Å². The Bertz CT molecular complexity index is 1140. The van der Waals surface area contributed by atoms with Gasteiger partial charge in [-0.15, -0.1) is 0 Å². The Morgan fingerprint density at radius 1 is 1.06 bits per heavy atom. The average Bonchev–Trinajstić information content (AvgIpc) is 3.34. The van der Waals surface area contributed by atoms with Crippen molar-refractivity contribution < 1.29 is 9.53 Å². The summed E-state index contributed by atoms with van der Waals surface area (Å²) in [6, 6.07) is 8.50. The van der Waals surface area contributed by atoms with E-state index < -0.39 is 0 Å². The van der Waals surface area contributed by atoms with Crippen LogP contribution in [0.25, 0.3) is 16.7 Å². The van der Waals surface area contributed by atoms with Gasteiger partial charge in [0.05, 0.1) is 11.0 Å². The molecule has 4 heteroatoms. The number of hydrogen-bond acceptors (Lipinski definition) is 3. The normalized spacial score (nSPS) is 38.3. The third-order valence-corrected chi connectivity index (χ3v) is 9.64. The number of benzene rings is 1. The third-order valence-electron chi connectivity index (χ3n) is 9.64. The monoisotopic (exact) mass is 430 g/mol. The van der Waals surface area contributed by atoms with Crippen molar-refractivity contribution in [1.82, 2.24) is 9.55 Å². The number of imidazole rings is 1. The summed E-state index contributed by atoms with van der Waals surface area (Å²) in [6.07, 6.45) is 15.1. The molecule has 6 rings (SSSR count). The van der Waals surface area contributed by atoms with Gasteiger partial charge in [-0.2, -0.15) is 0 Å². The van der Waals surface area contributed by atoms with Gasteiger partial charge in [0.1, 0.15) is 12.4 Å². The molecule has 0 N–H and O–H groups in total. The largest absolute Gasteiger partial charge is 0.462 e. The van der Waals surface area contributed by atoms with Gasteiger partial charge in [0, 0.05) is 24.5 Å². The fourth-order valence-electron chi connectivity index (χ4n) is 8.03. The van der Waals surface area contributed by atoms with Crippen LogP contribution in [0.3, 0.4) is 0 Å². The zero-order chi connectivity index (χ0) is 22.1. The summed E-state index contributed by atoms with van der Waals surface area (Å²) in [7, 11) is 0. The molecule has 0 bridgehead atoms. The van der Waals surface area contributed by atoms with Crippen LogP contribution in [-0.2, 0) is 9.53 Å². The fourth-order valence-corrected chi connectivity index (χ4v) is 8.03. The second kappa shape index (κ2) is 7.07. The lowest BCUT2D eigenvalue weighted by Gasteiger charge is -2.57. The number of esters is 1. The molecule has 2 fully saturated rings. The molecule has 0 saturated heterocycles. The van der Waals surface area contributed by atoms with Gasteiger partial charge in [0.25, 0.3) is 0 Å². The second-order valence-corrected chi connectivity index (χ2v) is 11.1. The molecule has 0 spiro atoms. The maximum atomic E-state index is 11.5. The van der Waals surface area contributed by atoms with E-state index in [0.717, 1.165) is 36.6 Å². The van der Waals surface area contributed by atoms with Crippen LogP contribution in [0, 0.1) is 28.6 Å². The highest BCUT2D eigenvalue weighted by Crippen LogP contribution is 2.65. The number of hydrogen-bond donors (Lipinski definition) is 0. The van der Waals surface area contributed by atoms with Gasteiger partial charge >= 0.3 is 5.97 Å². The van der Waals surface area contributed by atoms with Crippen LogP contribution in [0.2, 0.25) is 0 Å². The summed E-state index contributed by atoms with van der Waals surface area (Å²) in [6.45, 7) is 6.56. The van der Waals surface area contributed by atoms with E-state index in [1.807, 2.05) is 6.33 Å². The minimum atomic E-state index is -0.141. The van der Waals surface area contributed by atoms with E-state index in [1.165, 1.54) is 43.8 Å². The summed E-state index contributed by atoms with van der Waals surface area (Å²) in [5.41, 5.74) is 5.81. The lowest BCUT2D eigenvalue weighted by Crippen LogP contribution is -2.50. The Morgan fingerprint density at radius 2 is 1.88 bits per heavy atom. The zero-order valence-corrected chi connectivity index (χ0v) is 19.5. The van der Waals surface area contributed by atoms with Crippen molar-refractivity contribution in [2.75, 3.05) is 0 Å². The van der Waals surface area contributed by atoms with Crippen molar-refractivity contribution in [2.45, 2.75) is 71.8 Å². The van der Waals surface area contributed by atoms with E-state index in [-0.39, 0.29) is 22.9 Å². The quantitative estimate of drug-likeness (QED) is 0.410. The first-order valence-electron chi connectivity index (χ1n) is 12.4. The van der Waals surface area contributed by atoms with E-state index in [1.54, 1.807) is 5.57 Å². The van der Waals surface area contributed by atoms with E-state index in [4.69, 9.17) is 4.74 Å². The molecule has 32 heavy (non-hydrogen) atoms.